The van der Waals surface area contributed by atoms with E-state index < -0.39 is 36.7 Å². The Morgan fingerprint density at radius 2 is 1.63 bits per heavy atom. The lowest BCUT2D eigenvalue weighted by Gasteiger charge is -2.69. The molecule has 10 nitrogen and oxygen atoms in total. The number of carbonyl (C=O) groups excluding carboxylic acids is 3. The van der Waals surface area contributed by atoms with Crippen LogP contribution in [0, 0.1) is 50.7 Å². The first-order chi connectivity index (χ1) is 21.5. The van der Waals surface area contributed by atoms with Crippen LogP contribution in [0.5, 0.6) is 0 Å². The maximum atomic E-state index is 12.2. The Bertz CT molecular complexity index is 1220. The van der Waals surface area contributed by atoms with E-state index in [9.17, 15) is 29.7 Å². The molecule has 15 atom stereocenters. The standard InChI is InChI=1S/C36H56O10/c1-19(11-15-37)22-8-14-36-18-35(22,36)13-9-24-33(6)12-10-26(44-21(3)39)32(4,5)25(33)16-27(34(24,36)7)46-31-30(42)29(41)28(40)23(45-31)17-43-20(2)38/h15,19,22-31,40-42H,8-14,16-18H2,1-7H3/t19-,22+,23-,24+,25-,26-,27-,28-,29+,30+,31+,33-,34+,35-,36-/m1/s1. The number of hydrogen-bond donors (Lipinski definition) is 3. The van der Waals surface area contributed by atoms with E-state index in [-0.39, 0.29) is 57.8 Å². The van der Waals surface area contributed by atoms with Gasteiger partial charge < -0.3 is 39.1 Å². The minimum atomic E-state index is -1.54. The number of rotatable bonds is 8. The molecule has 0 aromatic heterocycles. The summed E-state index contributed by atoms with van der Waals surface area (Å²) in [6.07, 6.45) is 2.10. The Morgan fingerprint density at radius 1 is 0.913 bits per heavy atom. The molecule has 0 spiro atoms. The van der Waals surface area contributed by atoms with Crippen molar-refractivity contribution in [1.29, 1.82) is 0 Å². The number of ether oxygens (including phenoxy) is 4. The summed E-state index contributed by atoms with van der Waals surface area (Å²) in [7, 11) is 0. The molecule has 5 saturated carbocycles. The number of aliphatic hydroxyl groups excluding tert-OH is 3. The molecular formula is C36H56O10. The van der Waals surface area contributed by atoms with Gasteiger partial charge in [-0.15, -0.1) is 0 Å². The van der Waals surface area contributed by atoms with Crippen molar-refractivity contribution >= 4 is 18.2 Å². The van der Waals surface area contributed by atoms with Crippen molar-refractivity contribution in [3.8, 4) is 0 Å². The molecule has 6 rings (SSSR count). The summed E-state index contributed by atoms with van der Waals surface area (Å²) < 4.78 is 24.2. The molecule has 10 heteroatoms. The zero-order valence-electron chi connectivity index (χ0n) is 28.7. The second-order valence-electron chi connectivity index (χ2n) is 17.0. The van der Waals surface area contributed by atoms with Crippen molar-refractivity contribution in [2.24, 2.45) is 50.7 Å². The van der Waals surface area contributed by atoms with Gasteiger partial charge in [-0.05, 0) is 91.3 Å². The van der Waals surface area contributed by atoms with Crippen LogP contribution in [0.25, 0.3) is 0 Å². The van der Waals surface area contributed by atoms with Gasteiger partial charge in [0.15, 0.2) is 6.29 Å². The van der Waals surface area contributed by atoms with Crippen molar-refractivity contribution < 1.29 is 48.7 Å². The number of aliphatic hydroxyl groups is 3. The second-order valence-corrected chi connectivity index (χ2v) is 17.0. The smallest absolute Gasteiger partial charge is 0.302 e. The van der Waals surface area contributed by atoms with Crippen molar-refractivity contribution in [3.05, 3.63) is 0 Å². The van der Waals surface area contributed by atoms with E-state index in [1.807, 2.05) is 0 Å². The van der Waals surface area contributed by atoms with Crippen molar-refractivity contribution in [2.45, 2.75) is 149 Å². The van der Waals surface area contributed by atoms with Gasteiger partial charge >= 0.3 is 11.9 Å². The molecule has 3 N–H and O–H groups in total. The molecule has 0 aromatic rings. The molecule has 0 amide bonds. The molecular weight excluding hydrogens is 592 g/mol. The Labute approximate surface area is 273 Å². The topological polar surface area (TPSA) is 149 Å². The Hall–Kier alpha value is -1.59. The van der Waals surface area contributed by atoms with E-state index in [2.05, 4.69) is 34.6 Å². The molecule has 1 saturated heterocycles. The highest BCUT2D eigenvalue weighted by Crippen LogP contribution is 2.91. The van der Waals surface area contributed by atoms with E-state index in [1.165, 1.54) is 13.8 Å². The minimum Gasteiger partial charge on any atom is -0.463 e. The predicted octanol–water partition coefficient (Wildman–Crippen LogP) is 3.95. The number of hydrogen-bond acceptors (Lipinski definition) is 10. The maximum Gasteiger partial charge on any atom is 0.302 e. The van der Waals surface area contributed by atoms with Gasteiger partial charge in [-0.2, -0.15) is 0 Å². The molecule has 46 heavy (non-hydrogen) atoms. The fourth-order valence-electron chi connectivity index (χ4n) is 12.9. The van der Waals surface area contributed by atoms with Gasteiger partial charge in [-0.3, -0.25) is 9.59 Å². The van der Waals surface area contributed by atoms with Crippen LogP contribution in [-0.2, 0) is 33.3 Å². The van der Waals surface area contributed by atoms with Gasteiger partial charge in [-0.25, -0.2) is 0 Å². The van der Waals surface area contributed by atoms with Gasteiger partial charge in [0.25, 0.3) is 0 Å². The Balaban J connectivity index is 1.39. The Morgan fingerprint density at radius 3 is 2.28 bits per heavy atom. The van der Waals surface area contributed by atoms with Crippen molar-refractivity contribution in [2.75, 3.05) is 6.61 Å². The lowest BCUT2D eigenvalue weighted by atomic mass is 9.37. The molecule has 0 bridgehead atoms. The van der Waals surface area contributed by atoms with Crippen LogP contribution in [0.15, 0.2) is 0 Å². The van der Waals surface area contributed by atoms with Crippen LogP contribution >= 0.6 is 0 Å². The van der Waals surface area contributed by atoms with E-state index in [0.717, 1.165) is 51.2 Å². The minimum absolute atomic E-state index is 0.0230. The summed E-state index contributed by atoms with van der Waals surface area (Å²) in [6, 6.07) is 0. The third kappa shape index (κ3) is 4.70. The maximum absolute atomic E-state index is 12.2. The van der Waals surface area contributed by atoms with Gasteiger partial charge in [0.1, 0.15) is 43.4 Å². The van der Waals surface area contributed by atoms with Crippen LogP contribution in [0.4, 0.5) is 0 Å². The van der Waals surface area contributed by atoms with Crippen molar-refractivity contribution in [3.63, 3.8) is 0 Å². The van der Waals surface area contributed by atoms with Crippen LogP contribution in [-0.4, -0.2) is 83.1 Å². The highest BCUT2D eigenvalue weighted by molar-refractivity contribution is 5.66. The fraction of sp³-hybridized carbons (Fsp3) is 0.917. The zero-order chi connectivity index (χ0) is 33.6. The lowest BCUT2D eigenvalue weighted by Crippen LogP contribution is -2.68. The second kappa shape index (κ2) is 11.5. The molecule has 6 fully saturated rings. The molecule has 0 aromatic carbocycles. The summed E-state index contributed by atoms with van der Waals surface area (Å²) >= 11 is 0. The normalized spacial score (nSPS) is 51.0. The lowest BCUT2D eigenvalue weighted by molar-refractivity contribution is -0.344. The number of esters is 2. The SMILES string of the molecule is CC(=O)OC[C@H]1O[C@@H](O[C@@H]2C[C@@H]3C(C)(C)[C@H](OC(C)=O)CC[C@]3(C)[C@@H]3CC[C@]45C[C@]4(CC[C@H]5[C@H](C)CC=O)[C@]23C)[C@@H](O)[C@@H](O)[C@@H]1O. The van der Waals surface area contributed by atoms with Gasteiger partial charge in [0.2, 0.25) is 0 Å². The largest absolute Gasteiger partial charge is 0.463 e. The number of carbonyl (C=O) groups is 3. The zero-order valence-corrected chi connectivity index (χ0v) is 28.7. The monoisotopic (exact) mass is 648 g/mol. The molecule has 6 aliphatic rings. The molecule has 5 aliphatic carbocycles. The van der Waals surface area contributed by atoms with Crippen LogP contribution in [0.3, 0.4) is 0 Å². The number of fused-ring (bicyclic) bond motifs is 3. The van der Waals surface area contributed by atoms with Crippen molar-refractivity contribution in [1.82, 2.24) is 0 Å². The summed E-state index contributed by atoms with van der Waals surface area (Å²) in [5, 5.41) is 32.8. The first-order valence-electron chi connectivity index (χ1n) is 17.6. The van der Waals surface area contributed by atoms with Crippen LogP contribution in [0.1, 0.15) is 106 Å². The van der Waals surface area contributed by atoms with Crippen LogP contribution in [0.2, 0.25) is 0 Å². The molecule has 1 heterocycles. The van der Waals surface area contributed by atoms with E-state index >= 15 is 0 Å². The van der Waals surface area contributed by atoms with Crippen LogP contribution < -0.4 is 0 Å². The number of aldehydes is 1. The third-order valence-corrected chi connectivity index (χ3v) is 14.9. The van der Waals surface area contributed by atoms with E-state index in [4.69, 9.17) is 18.9 Å². The first-order valence-corrected chi connectivity index (χ1v) is 17.6. The van der Waals surface area contributed by atoms with E-state index in [0.29, 0.717) is 30.6 Å². The molecule has 1 aliphatic heterocycles. The summed E-state index contributed by atoms with van der Waals surface area (Å²) in [6.45, 7) is 13.9. The summed E-state index contributed by atoms with van der Waals surface area (Å²) in [5.74, 6) is 0.408. The summed E-state index contributed by atoms with van der Waals surface area (Å²) in [5.41, 5.74) is -0.491. The van der Waals surface area contributed by atoms with Gasteiger partial charge in [-0.1, -0.05) is 34.6 Å². The highest BCUT2D eigenvalue weighted by Gasteiger charge is 2.85. The van der Waals surface area contributed by atoms with E-state index in [1.54, 1.807) is 0 Å². The first kappa shape index (κ1) is 34.3. The summed E-state index contributed by atoms with van der Waals surface area (Å²) in [4.78, 5) is 35.3. The average molecular weight is 649 g/mol. The molecule has 260 valence electrons. The quantitative estimate of drug-likeness (QED) is 0.201. The molecule has 0 unspecified atom stereocenters. The highest BCUT2D eigenvalue weighted by atomic mass is 16.7. The van der Waals surface area contributed by atoms with Gasteiger partial charge in [0, 0.05) is 31.1 Å². The predicted molar refractivity (Wildman–Crippen MR) is 166 cm³/mol. The average Bonchev–Trinajstić information content (AvgIpc) is 3.55. The molecule has 0 radical (unpaired) electrons. The fourth-order valence-corrected chi connectivity index (χ4v) is 12.9. The Kier molecular flexibility index (Phi) is 8.57. The van der Waals surface area contributed by atoms with Gasteiger partial charge in [0.05, 0.1) is 6.10 Å². The third-order valence-electron chi connectivity index (χ3n) is 14.9.